The Kier molecular flexibility index (Phi) is 4.95. The van der Waals surface area contributed by atoms with Crippen molar-refractivity contribution in [1.29, 1.82) is 0 Å². The van der Waals surface area contributed by atoms with Crippen LogP contribution < -0.4 is 14.4 Å². The van der Waals surface area contributed by atoms with Crippen molar-refractivity contribution in [3.63, 3.8) is 0 Å². The quantitative estimate of drug-likeness (QED) is 0.589. The van der Waals surface area contributed by atoms with Crippen LogP contribution >= 0.6 is 7.72 Å². The molecule has 0 N–H and O–H groups in total. The molecule has 0 unspecified atom stereocenters. The van der Waals surface area contributed by atoms with Crippen LogP contribution in [0, 0.1) is 0 Å². The van der Waals surface area contributed by atoms with Gasteiger partial charge in [0.1, 0.15) is 0 Å². The molecule has 0 aromatic heterocycles. The maximum atomic E-state index is 6.46. The number of rotatable bonds is 6. The molecule has 0 saturated heterocycles. The summed E-state index contributed by atoms with van der Waals surface area (Å²) in [6, 6.07) is 30.1. The Morgan fingerprint density at radius 3 is 1.39 bits per heavy atom. The van der Waals surface area contributed by atoms with Crippen LogP contribution in [0.25, 0.3) is 0 Å². The Labute approximate surface area is 138 Å². The summed E-state index contributed by atoms with van der Waals surface area (Å²) in [6.07, 6.45) is 0.820. The predicted octanol–water partition coefficient (Wildman–Crippen LogP) is 5.07. The van der Waals surface area contributed by atoms with Gasteiger partial charge < -0.3 is 0 Å². The van der Waals surface area contributed by atoms with Gasteiger partial charge in [0.05, 0.1) is 0 Å². The van der Waals surface area contributed by atoms with Gasteiger partial charge in [-0.15, -0.1) is 0 Å². The molecule has 2 nitrogen and oxygen atoms in total. The maximum absolute atomic E-state index is 6.46. The minimum atomic E-state index is -2.63. The van der Waals surface area contributed by atoms with Crippen LogP contribution in [0.15, 0.2) is 91.0 Å². The summed E-state index contributed by atoms with van der Waals surface area (Å²) in [5, 5.41) is 1.13. The zero-order chi connectivity index (χ0) is 16.0. The Morgan fingerprint density at radius 2 is 1.00 bits per heavy atom. The Morgan fingerprint density at radius 1 is 0.609 bits per heavy atom. The van der Waals surface area contributed by atoms with Gasteiger partial charge in [0.2, 0.25) is 0 Å². The zero-order valence-corrected chi connectivity index (χ0v) is 14.2. The number of para-hydroxylation sites is 2. The average molecular weight is 324 g/mol. The van der Waals surface area contributed by atoms with Crippen molar-refractivity contribution in [2.45, 2.75) is 6.92 Å². The van der Waals surface area contributed by atoms with Gasteiger partial charge in [-0.1, -0.05) is 0 Å². The molecule has 3 aromatic carbocycles. The van der Waals surface area contributed by atoms with Gasteiger partial charge in [-0.2, -0.15) is 0 Å². The molecule has 0 amide bonds. The summed E-state index contributed by atoms with van der Waals surface area (Å²) in [5.41, 5.74) is 0. The molecule has 0 aliphatic heterocycles. The molecule has 0 aliphatic rings. The van der Waals surface area contributed by atoms with Crippen LogP contribution in [-0.4, -0.2) is 6.16 Å². The van der Waals surface area contributed by atoms with Gasteiger partial charge in [-0.3, -0.25) is 0 Å². The summed E-state index contributed by atoms with van der Waals surface area (Å²) >= 11 is 0. The average Bonchev–Trinajstić information content (AvgIpc) is 2.63. The van der Waals surface area contributed by atoms with E-state index in [0.29, 0.717) is 0 Å². The molecule has 0 atom stereocenters. The fraction of sp³-hybridized carbons (Fsp3) is 0.100. The molecule has 3 heteroatoms. The molecule has 0 aliphatic carbocycles. The van der Waals surface area contributed by atoms with Crippen molar-refractivity contribution in [2.24, 2.45) is 0 Å². The molecule has 0 saturated carbocycles. The van der Waals surface area contributed by atoms with Crippen LogP contribution in [0.4, 0.5) is 0 Å². The van der Waals surface area contributed by atoms with E-state index in [2.05, 4.69) is 19.1 Å². The molecule has 0 heterocycles. The normalized spacial score (nSPS) is 11.7. The van der Waals surface area contributed by atoms with Gasteiger partial charge in [-0.25, -0.2) is 0 Å². The number of hydrogen-bond donors (Lipinski definition) is 0. The fourth-order valence-corrected chi connectivity index (χ4v) is 5.25. The van der Waals surface area contributed by atoms with Crippen molar-refractivity contribution in [3.05, 3.63) is 91.0 Å². The molecule has 3 rings (SSSR count). The fourth-order valence-electron chi connectivity index (χ4n) is 2.54. The second-order valence-corrected chi connectivity index (χ2v) is 8.50. The summed E-state index contributed by atoms with van der Waals surface area (Å²) < 4.78 is 12.9. The third-order valence-corrected chi connectivity index (χ3v) is 7.01. The number of benzene rings is 3. The van der Waals surface area contributed by atoms with Crippen LogP contribution in [0.3, 0.4) is 0 Å². The molecule has 118 valence electrons. The first-order valence-corrected chi connectivity index (χ1v) is 9.88. The monoisotopic (exact) mass is 324 g/mol. The van der Waals surface area contributed by atoms with E-state index in [1.54, 1.807) is 0 Å². The van der Waals surface area contributed by atoms with Crippen molar-refractivity contribution in [2.75, 3.05) is 6.16 Å². The van der Waals surface area contributed by atoms with E-state index in [4.69, 9.17) is 9.05 Å². The SMILES string of the molecule is CC[PH](Oc1ccccc1)(Oc1ccccc1)c1ccccc1. The topological polar surface area (TPSA) is 18.5 Å². The number of hydrogen-bond acceptors (Lipinski definition) is 2. The van der Waals surface area contributed by atoms with Gasteiger partial charge in [0, 0.05) is 0 Å². The first kappa shape index (κ1) is 15.6. The molecule has 0 fully saturated rings. The van der Waals surface area contributed by atoms with E-state index in [-0.39, 0.29) is 0 Å². The summed E-state index contributed by atoms with van der Waals surface area (Å²) in [6.45, 7) is 2.13. The van der Waals surface area contributed by atoms with Crippen molar-refractivity contribution >= 4 is 13.0 Å². The van der Waals surface area contributed by atoms with Crippen LogP contribution in [-0.2, 0) is 0 Å². The van der Waals surface area contributed by atoms with Crippen LogP contribution in [0.2, 0.25) is 0 Å². The predicted molar refractivity (Wildman–Crippen MR) is 99.1 cm³/mol. The Bertz CT molecular complexity index is 673. The first-order chi connectivity index (χ1) is 11.3. The Balaban J connectivity index is 2.00. The molecular formula is C20H21O2P. The molecular weight excluding hydrogens is 303 g/mol. The van der Waals surface area contributed by atoms with Gasteiger partial charge >= 0.3 is 138 Å². The van der Waals surface area contributed by atoms with E-state index in [1.165, 1.54) is 0 Å². The summed E-state index contributed by atoms with van der Waals surface area (Å²) in [5.74, 6) is 1.70. The third-order valence-electron chi connectivity index (χ3n) is 3.73. The van der Waals surface area contributed by atoms with Crippen molar-refractivity contribution in [3.8, 4) is 11.5 Å². The van der Waals surface area contributed by atoms with Gasteiger partial charge in [0.25, 0.3) is 0 Å². The van der Waals surface area contributed by atoms with Gasteiger partial charge in [0.15, 0.2) is 0 Å². The van der Waals surface area contributed by atoms with Crippen molar-refractivity contribution < 1.29 is 9.05 Å². The molecule has 0 bridgehead atoms. The second-order valence-electron chi connectivity index (χ2n) is 5.30. The van der Waals surface area contributed by atoms with E-state index in [9.17, 15) is 0 Å². The van der Waals surface area contributed by atoms with Crippen molar-refractivity contribution in [1.82, 2.24) is 0 Å². The molecule has 0 spiro atoms. The summed E-state index contributed by atoms with van der Waals surface area (Å²) in [4.78, 5) is 0. The van der Waals surface area contributed by atoms with E-state index in [1.807, 2.05) is 78.9 Å². The standard InChI is InChI=1S/C20H21O2P/c1-2-23(20-16-10-5-11-17-20,21-18-12-6-3-7-13-18)22-19-14-8-4-9-15-19/h3-17,23H,2H2,1H3. The third kappa shape index (κ3) is 3.72. The second kappa shape index (κ2) is 7.30. The molecule has 23 heavy (non-hydrogen) atoms. The van der Waals surface area contributed by atoms with E-state index < -0.39 is 7.72 Å². The first-order valence-electron chi connectivity index (χ1n) is 7.86. The van der Waals surface area contributed by atoms with E-state index >= 15 is 0 Å². The van der Waals surface area contributed by atoms with Crippen LogP contribution in [0.5, 0.6) is 11.5 Å². The molecule has 0 radical (unpaired) electrons. The van der Waals surface area contributed by atoms with Crippen LogP contribution in [0.1, 0.15) is 6.92 Å². The Hall–Kier alpha value is -2.31. The summed E-state index contributed by atoms with van der Waals surface area (Å²) in [7, 11) is -2.63. The minimum absolute atomic E-state index is 0.820. The molecule has 3 aromatic rings. The van der Waals surface area contributed by atoms with Gasteiger partial charge in [-0.05, 0) is 0 Å². The zero-order valence-electron chi connectivity index (χ0n) is 13.2. The van der Waals surface area contributed by atoms with E-state index in [0.717, 1.165) is 23.0 Å².